The van der Waals surface area contributed by atoms with Crippen LogP contribution in [0.2, 0.25) is 0 Å². The molecule has 1 heterocycles. The molecule has 0 spiro atoms. The average molecular weight is 387 g/mol. The van der Waals surface area contributed by atoms with E-state index in [9.17, 15) is 18.0 Å². The van der Waals surface area contributed by atoms with Crippen LogP contribution in [0.3, 0.4) is 0 Å². The van der Waals surface area contributed by atoms with Gasteiger partial charge in [0.05, 0.1) is 16.3 Å². The molecule has 1 aliphatic rings. The van der Waals surface area contributed by atoms with Crippen molar-refractivity contribution < 1.29 is 18.0 Å². The van der Waals surface area contributed by atoms with Crippen molar-refractivity contribution >= 4 is 33.2 Å². The second-order valence-electron chi connectivity index (χ2n) is 6.61. The molecule has 3 rings (SSSR count). The van der Waals surface area contributed by atoms with E-state index in [1.807, 2.05) is 0 Å². The van der Waals surface area contributed by atoms with Gasteiger partial charge in [0.25, 0.3) is 5.91 Å². The monoisotopic (exact) mass is 387 g/mol. The Hall–Kier alpha value is -2.71. The van der Waals surface area contributed by atoms with Crippen molar-refractivity contribution in [2.75, 3.05) is 24.3 Å². The Kier molecular flexibility index (Phi) is 5.03. The number of hydrogen-bond acceptors (Lipinski definition) is 4. The lowest BCUT2D eigenvalue weighted by Gasteiger charge is -2.28. The fourth-order valence-corrected chi connectivity index (χ4v) is 3.98. The molecule has 0 bridgehead atoms. The van der Waals surface area contributed by atoms with Crippen molar-refractivity contribution in [3.63, 3.8) is 0 Å². The van der Waals surface area contributed by atoms with Crippen LogP contribution in [0.25, 0.3) is 0 Å². The zero-order valence-electron chi connectivity index (χ0n) is 15.3. The molecule has 0 saturated heterocycles. The number of nitrogens with zero attached hydrogens (tertiary/aromatic N) is 2. The van der Waals surface area contributed by atoms with Crippen LogP contribution in [0.4, 0.5) is 11.4 Å². The molecule has 8 heteroatoms. The highest BCUT2D eigenvalue weighted by Crippen LogP contribution is 2.32. The first-order valence-corrected chi connectivity index (χ1v) is 9.91. The van der Waals surface area contributed by atoms with Crippen LogP contribution in [-0.4, -0.2) is 44.7 Å². The highest BCUT2D eigenvalue weighted by atomic mass is 32.2. The predicted octanol–water partition coefficient (Wildman–Crippen LogP) is 2.31. The van der Waals surface area contributed by atoms with Gasteiger partial charge in [-0.2, -0.15) is 0 Å². The fraction of sp³-hybridized carbons (Fsp3) is 0.263. The lowest BCUT2D eigenvalue weighted by atomic mass is 10.1. The van der Waals surface area contributed by atoms with Crippen LogP contribution >= 0.6 is 0 Å². The standard InChI is InChI=1S/C19H21N3O4S/c1-13-11-18(23)20-16-9-4-5-10-17(16)22(13)19(24)14-7-6-8-15(12-14)27(25,26)21(2)3/h4-10,12-13H,11H2,1-3H3,(H,20,23)/t13-/m1/s1. The number of para-hydroxylation sites is 2. The van der Waals surface area contributed by atoms with Crippen molar-refractivity contribution in [1.82, 2.24) is 4.31 Å². The van der Waals surface area contributed by atoms with Gasteiger partial charge in [0.15, 0.2) is 0 Å². The summed E-state index contributed by atoms with van der Waals surface area (Å²) in [5.41, 5.74) is 1.38. The average Bonchev–Trinajstić information content (AvgIpc) is 2.75. The highest BCUT2D eigenvalue weighted by molar-refractivity contribution is 7.89. The molecule has 0 radical (unpaired) electrons. The maximum Gasteiger partial charge on any atom is 0.258 e. The molecule has 1 N–H and O–H groups in total. The maximum atomic E-state index is 13.3. The highest BCUT2D eigenvalue weighted by Gasteiger charge is 2.31. The van der Waals surface area contributed by atoms with Gasteiger partial charge >= 0.3 is 0 Å². The molecule has 0 aromatic heterocycles. The lowest BCUT2D eigenvalue weighted by molar-refractivity contribution is -0.116. The second-order valence-corrected chi connectivity index (χ2v) is 8.76. The smallest absolute Gasteiger partial charge is 0.258 e. The van der Waals surface area contributed by atoms with E-state index in [4.69, 9.17) is 0 Å². The molecular formula is C19H21N3O4S. The van der Waals surface area contributed by atoms with Crippen molar-refractivity contribution in [3.8, 4) is 0 Å². The summed E-state index contributed by atoms with van der Waals surface area (Å²) in [6.45, 7) is 1.79. The van der Waals surface area contributed by atoms with Gasteiger partial charge in [-0.15, -0.1) is 0 Å². The van der Waals surface area contributed by atoms with E-state index in [0.717, 1.165) is 4.31 Å². The normalized spacial score (nSPS) is 17.3. The fourth-order valence-electron chi connectivity index (χ4n) is 3.04. The number of amides is 2. The topological polar surface area (TPSA) is 86.8 Å². The molecule has 7 nitrogen and oxygen atoms in total. The molecular weight excluding hydrogens is 366 g/mol. The number of benzene rings is 2. The summed E-state index contributed by atoms with van der Waals surface area (Å²) in [5, 5.41) is 2.80. The number of anilines is 2. The van der Waals surface area contributed by atoms with Crippen LogP contribution < -0.4 is 10.2 Å². The Morgan fingerprint density at radius 3 is 2.56 bits per heavy atom. The Balaban J connectivity index is 2.07. The molecule has 2 amide bonds. The van der Waals surface area contributed by atoms with Crippen LogP contribution in [0, 0.1) is 0 Å². The summed E-state index contributed by atoms with van der Waals surface area (Å²) in [7, 11) is -0.780. The van der Waals surface area contributed by atoms with Crippen LogP contribution in [0.1, 0.15) is 23.7 Å². The van der Waals surface area contributed by atoms with Gasteiger partial charge in [0.1, 0.15) is 0 Å². The molecule has 142 valence electrons. The molecule has 0 unspecified atom stereocenters. The quantitative estimate of drug-likeness (QED) is 0.876. The Morgan fingerprint density at radius 2 is 1.85 bits per heavy atom. The number of rotatable bonds is 3. The molecule has 2 aromatic rings. The predicted molar refractivity (Wildman–Crippen MR) is 103 cm³/mol. The van der Waals surface area contributed by atoms with E-state index in [1.54, 1.807) is 43.3 Å². The maximum absolute atomic E-state index is 13.3. The third-order valence-corrected chi connectivity index (χ3v) is 6.25. The Labute approximate surface area is 158 Å². The summed E-state index contributed by atoms with van der Waals surface area (Å²) in [4.78, 5) is 26.9. The van der Waals surface area contributed by atoms with Gasteiger partial charge in [-0.3, -0.25) is 9.59 Å². The zero-order chi connectivity index (χ0) is 19.8. The summed E-state index contributed by atoms with van der Waals surface area (Å²) < 4.78 is 25.9. The lowest BCUT2D eigenvalue weighted by Crippen LogP contribution is -2.39. The summed E-state index contributed by atoms with van der Waals surface area (Å²) in [5.74, 6) is -0.531. The van der Waals surface area contributed by atoms with Crippen molar-refractivity contribution in [2.24, 2.45) is 0 Å². The number of carbonyl (C=O) groups is 2. The van der Waals surface area contributed by atoms with E-state index >= 15 is 0 Å². The van der Waals surface area contributed by atoms with Gasteiger partial charge in [0.2, 0.25) is 15.9 Å². The number of nitrogens with one attached hydrogen (secondary N) is 1. The molecule has 0 saturated carbocycles. The van der Waals surface area contributed by atoms with E-state index in [2.05, 4.69) is 5.32 Å². The summed E-state index contributed by atoms with van der Waals surface area (Å²) in [6.07, 6.45) is 0.149. The SMILES string of the molecule is C[C@@H]1CC(=O)Nc2ccccc2N1C(=O)c1cccc(S(=O)(=O)N(C)C)c1. The summed E-state index contributed by atoms with van der Waals surface area (Å²) >= 11 is 0. The van der Waals surface area contributed by atoms with Crippen LogP contribution in [0.15, 0.2) is 53.4 Å². The number of fused-ring (bicyclic) bond motifs is 1. The minimum atomic E-state index is -3.66. The molecule has 1 atom stereocenters. The van der Waals surface area contributed by atoms with Crippen molar-refractivity contribution in [1.29, 1.82) is 0 Å². The minimum Gasteiger partial charge on any atom is -0.324 e. The Morgan fingerprint density at radius 1 is 1.15 bits per heavy atom. The first kappa shape index (κ1) is 19.1. The number of hydrogen-bond donors (Lipinski definition) is 1. The van der Waals surface area contributed by atoms with E-state index in [-0.39, 0.29) is 34.7 Å². The van der Waals surface area contributed by atoms with Gasteiger partial charge in [-0.05, 0) is 37.3 Å². The van der Waals surface area contributed by atoms with Crippen molar-refractivity contribution in [2.45, 2.75) is 24.3 Å². The second kappa shape index (κ2) is 7.13. The first-order valence-electron chi connectivity index (χ1n) is 8.47. The number of carbonyl (C=O) groups excluding carboxylic acids is 2. The zero-order valence-corrected chi connectivity index (χ0v) is 16.2. The van der Waals surface area contributed by atoms with Crippen LogP contribution in [0.5, 0.6) is 0 Å². The van der Waals surface area contributed by atoms with Gasteiger partial charge < -0.3 is 10.2 Å². The van der Waals surface area contributed by atoms with Gasteiger partial charge in [-0.25, -0.2) is 12.7 Å². The molecule has 1 aliphatic heterocycles. The Bertz CT molecular complexity index is 1000. The third kappa shape index (κ3) is 3.58. The third-order valence-electron chi connectivity index (χ3n) is 4.44. The minimum absolute atomic E-state index is 0.0447. The first-order chi connectivity index (χ1) is 12.7. The summed E-state index contributed by atoms with van der Waals surface area (Å²) in [6, 6.07) is 12.6. The van der Waals surface area contributed by atoms with Gasteiger partial charge in [0, 0.05) is 32.1 Å². The molecule has 0 aliphatic carbocycles. The van der Waals surface area contributed by atoms with Crippen molar-refractivity contribution in [3.05, 3.63) is 54.1 Å². The molecule has 27 heavy (non-hydrogen) atoms. The van der Waals surface area contributed by atoms with Gasteiger partial charge in [-0.1, -0.05) is 18.2 Å². The van der Waals surface area contributed by atoms with E-state index < -0.39 is 10.0 Å². The number of sulfonamides is 1. The van der Waals surface area contributed by atoms with E-state index in [0.29, 0.717) is 11.4 Å². The van der Waals surface area contributed by atoms with E-state index in [1.165, 1.54) is 31.1 Å². The van der Waals surface area contributed by atoms with Crippen LogP contribution in [-0.2, 0) is 14.8 Å². The largest absolute Gasteiger partial charge is 0.324 e. The molecule has 2 aromatic carbocycles. The molecule has 0 fully saturated rings.